The molecule has 232 valence electrons. The highest BCUT2D eigenvalue weighted by molar-refractivity contribution is 5.67. The smallest absolute Gasteiger partial charge is 0.302 e. The first-order chi connectivity index (χ1) is 18.8. The zero-order chi connectivity index (χ0) is 30.2. The Morgan fingerprint density at radius 3 is 2.10 bits per heavy atom. The van der Waals surface area contributed by atoms with Gasteiger partial charge in [0, 0.05) is 31.1 Å². The van der Waals surface area contributed by atoms with Crippen LogP contribution in [0.3, 0.4) is 0 Å². The summed E-state index contributed by atoms with van der Waals surface area (Å²) in [5.41, 5.74) is -1.80. The van der Waals surface area contributed by atoms with E-state index in [4.69, 9.17) is 14.2 Å². The van der Waals surface area contributed by atoms with E-state index in [2.05, 4.69) is 34.6 Å². The van der Waals surface area contributed by atoms with E-state index in [0.29, 0.717) is 5.92 Å². The summed E-state index contributed by atoms with van der Waals surface area (Å²) in [5.74, 6) is -0.0675. The summed E-state index contributed by atoms with van der Waals surface area (Å²) in [4.78, 5) is 24.6. The summed E-state index contributed by atoms with van der Waals surface area (Å²) in [6.07, 6.45) is 7.08. The predicted octanol–water partition coefficient (Wildman–Crippen LogP) is 5.58. The number of hydrogen-bond acceptors (Lipinski definition) is 7. The van der Waals surface area contributed by atoms with Crippen LogP contribution >= 0.6 is 0 Å². The van der Waals surface area contributed by atoms with Crippen molar-refractivity contribution in [2.75, 3.05) is 0 Å². The van der Waals surface area contributed by atoms with Crippen LogP contribution in [0.25, 0.3) is 0 Å². The average Bonchev–Trinajstić information content (AvgIpc) is 3.18. The van der Waals surface area contributed by atoms with Crippen LogP contribution in [0.2, 0.25) is 0 Å². The Morgan fingerprint density at radius 2 is 1.51 bits per heavy atom. The van der Waals surface area contributed by atoms with Crippen LogP contribution < -0.4 is 0 Å². The lowest BCUT2D eigenvalue weighted by atomic mass is 9.41. The molecule has 0 aromatic carbocycles. The third-order valence-corrected chi connectivity index (χ3v) is 14.3. The molecule has 7 nitrogen and oxygen atoms in total. The summed E-state index contributed by atoms with van der Waals surface area (Å²) in [6, 6.07) is 0. The number of carbonyl (C=O) groups is 2. The minimum Gasteiger partial charge on any atom is -0.462 e. The second-order valence-electron chi connectivity index (χ2n) is 17.1. The van der Waals surface area contributed by atoms with Crippen LogP contribution in [0.1, 0.15) is 120 Å². The van der Waals surface area contributed by atoms with Crippen molar-refractivity contribution in [3.63, 3.8) is 0 Å². The highest BCUT2D eigenvalue weighted by Gasteiger charge is 2.85. The van der Waals surface area contributed by atoms with E-state index in [1.165, 1.54) is 13.8 Å². The molecule has 0 aromatic rings. The number of rotatable bonds is 4. The minimum atomic E-state index is -0.921. The molecular formula is C34H54O7. The van der Waals surface area contributed by atoms with E-state index in [0.717, 1.165) is 57.8 Å². The van der Waals surface area contributed by atoms with E-state index in [-0.39, 0.29) is 69.2 Å². The molecule has 0 radical (unpaired) electrons. The predicted molar refractivity (Wildman–Crippen MR) is 154 cm³/mol. The van der Waals surface area contributed by atoms with Crippen molar-refractivity contribution >= 4 is 11.9 Å². The van der Waals surface area contributed by atoms with Gasteiger partial charge in [-0.1, -0.05) is 27.7 Å². The lowest BCUT2D eigenvalue weighted by Gasteiger charge is -2.64. The number of hydrogen-bond donors (Lipinski definition) is 2. The fourth-order valence-electron chi connectivity index (χ4n) is 12.8. The maximum atomic E-state index is 12.6. The van der Waals surface area contributed by atoms with Gasteiger partial charge in [-0.05, 0) is 106 Å². The number of ether oxygens (including phenoxy) is 3. The minimum absolute atomic E-state index is 0.0274. The van der Waals surface area contributed by atoms with Gasteiger partial charge in [0.1, 0.15) is 12.2 Å². The van der Waals surface area contributed by atoms with Crippen molar-refractivity contribution in [2.45, 2.75) is 156 Å². The van der Waals surface area contributed by atoms with Crippen molar-refractivity contribution in [2.24, 2.45) is 44.8 Å². The van der Waals surface area contributed by atoms with Crippen molar-refractivity contribution in [3.05, 3.63) is 0 Å². The largest absolute Gasteiger partial charge is 0.462 e. The van der Waals surface area contributed by atoms with Gasteiger partial charge in [0.2, 0.25) is 0 Å². The Bertz CT molecular complexity index is 1130. The van der Waals surface area contributed by atoms with E-state index in [9.17, 15) is 19.8 Å². The van der Waals surface area contributed by atoms with Gasteiger partial charge in [0.15, 0.2) is 0 Å². The zero-order valence-corrected chi connectivity index (χ0v) is 26.8. The third-order valence-electron chi connectivity index (χ3n) is 14.3. The second-order valence-corrected chi connectivity index (χ2v) is 17.1. The van der Waals surface area contributed by atoms with Gasteiger partial charge in [-0.25, -0.2) is 0 Å². The molecule has 5 aliphatic carbocycles. The molecule has 0 bridgehead atoms. The summed E-state index contributed by atoms with van der Waals surface area (Å²) < 4.78 is 18.8. The SMILES string of the molecule is CC(=O)OC1CC[C@]23C[C@]24CC[C@]2(C)C([C@]5(C)CC[C@H](C(C)(C)O)O5)C(O)C[C@@]2(C)C4C[C@H](OC(C)=O)C3C1(C)C. The number of aliphatic hydroxyl groups excluding tert-OH is 1. The van der Waals surface area contributed by atoms with Crippen molar-refractivity contribution in [1.29, 1.82) is 0 Å². The topological polar surface area (TPSA) is 102 Å². The van der Waals surface area contributed by atoms with Crippen molar-refractivity contribution in [1.82, 2.24) is 0 Å². The molecule has 6 aliphatic rings. The fourth-order valence-corrected chi connectivity index (χ4v) is 12.8. The summed E-state index contributed by atoms with van der Waals surface area (Å²) in [5, 5.41) is 22.7. The maximum absolute atomic E-state index is 12.6. The van der Waals surface area contributed by atoms with Crippen molar-refractivity contribution in [3.8, 4) is 0 Å². The van der Waals surface area contributed by atoms with E-state index in [1.807, 2.05) is 13.8 Å². The lowest BCUT2D eigenvalue weighted by molar-refractivity contribution is -0.224. The molecule has 41 heavy (non-hydrogen) atoms. The first kappa shape index (κ1) is 29.9. The molecule has 5 saturated carbocycles. The zero-order valence-electron chi connectivity index (χ0n) is 26.8. The second kappa shape index (κ2) is 8.72. The van der Waals surface area contributed by atoms with E-state index in [1.54, 1.807) is 0 Å². The molecule has 0 aromatic heterocycles. The van der Waals surface area contributed by atoms with Gasteiger partial charge in [-0.2, -0.15) is 0 Å². The third kappa shape index (κ3) is 3.79. The monoisotopic (exact) mass is 574 g/mol. The molecule has 5 unspecified atom stereocenters. The molecule has 6 fully saturated rings. The van der Waals surface area contributed by atoms with Gasteiger partial charge < -0.3 is 24.4 Å². The van der Waals surface area contributed by atoms with Crippen LogP contribution in [0.4, 0.5) is 0 Å². The first-order valence-corrected chi connectivity index (χ1v) is 16.2. The molecule has 1 aliphatic heterocycles. The summed E-state index contributed by atoms with van der Waals surface area (Å²) >= 11 is 0. The molecule has 1 heterocycles. The molecular weight excluding hydrogens is 520 g/mol. The molecule has 1 saturated heterocycles. The van der Waals surface area contributed by atoms with Gasteiger partial charge in [0.25, 0.3) is 0 Å². The Kier molecular flexibility index (Phi) is 6.35. The number of aliphatic hydroxyl groups is 2. The Hall–Kier alpha value is -1.18. The van der Waals surface area contributed by atoms with Gasteiger partial charge >= 0.3 is 11.9 Å². The highest BCUT2D eigenvalue weighted by Crippen LogP contribution is 2.89. The Morgan fingerprint density at radius 1 is 0.854 bits per heavy atom. The molecule has 12 atom stereocenters. The molecule has 0 amide bonds. The maximum Gasteiger partial charge on any atom is 0.302 e. The molecule has 7 heteroatoms. The number of carbonyl (C=O) groups excluding carboxylic acids is 2. The van der Waals surface area contributed by atoms with Crippen molar-refractivity contribution < 1.29 is 34.0 Å². The van der Waals surface area contributed by atoms with Gasteiger partial charge in [0.05, 0.1) is 23.4 Å². The Balaban J connectivity index is 1.38. The van der Waals surface area contributed by atoms with Crippen LogP contribution in [0.15, 0.2) is 0 Å². The fraction of sp³-hybridized carbons (Fsp3) is 0.941. The van der Waals surface area contributed by atoms with Crippen LogP contribution in [-0.4, -0.2) is 57.8 Å². The molecule has 2 N–H and O–H groups in total. The molecule has 2 spiro atoms. The van der Waals surface area contributed by atoms with Crippen LogP contribution in [0, 0.1) is 44.8 Å². The normalized spacial score (nSPS) is 53.4. The molecule has 6 rings (SSSR count). The lowest BCUT2D eigenvalue weighted by Crippen LogP contribution is -2.63. The average molecular weight is 575 g/mol. The summed E-state index contributed by atoms with van der Waals surface area (Å²) in [7, 11) is 0. The quantitative estimate of drug-likeness (QED) is 0.423. The first-order valence-electron chi connectivity index (χ1n) is 16.2. The van der Waals surface area contributed by atoms with Crippen LogP contribution in [0.5, 0.6) is 0 Å². The number of esters is 2. The van der Waals surface area contributed by atoms with Gasteiger partial charge in [-0.15, -0.1) is 0 Å². The van der Waals surface area contributed by atoms with E-state index >= 15 is 0 Å². The highest BCUT2D eigenvalue weighted by atomic mass is 16.6. The van der Waals surface area contributed by atoms with Gasteiger partial charge in [-0.3, -0.25) is 9.59 Å². The Labute approximate surface area is 246 Å². The summed E-state index contributed by atoms with van der Waals surface area (Å²) in [6.45, 7) is 18.1. The number of fused-ring (bicyclic) bond motifs is 2. The standard InChI is InChI=1S/C34H54O7/c1-19(35)39-22-16-23-31(8)17-21(37)26(32(9)12-10-25(41-32)29(5,6)38)30(31,7)14-15-33(23)18-34(33)13-11-24(40-20(2)36)28(3,4)27(22)34/h21-27,37-38H,10-18H2,1-9H3/t21?,22-,23?,24?,25+,26?,27?,30+,31-,32-,33-,34+/m0/s1. The van der Waals surface area contributed by atoms with Crippen LogP contribution in [-0.2, 0) is 23.8 Å². The van der Waals surface area contributed by atoms with E-state index < -0.39 is 17.3 Å².